The number of thiol groups is 1. The van der Waals surface area contributed by atoms with Gasteiger partial charge in [-0.2, -0.15) is 0 Å². The number of nitrogens with zero attached hydrogens (tertiary/aromatic N) is 5. The maximum Gasteiger partial charge on any atom is 0.324 e. The molecule has 1 saturated carbocycles. The van der Waals surface area contributed by atoms with Gasteiger partial charge >= 0.3 is 5.97 Å². The molecule has 6 atom stereocenters. The van der Waals surface area contributed by atoms with E-state index in [1.807, 2.05) is 19.9 Å². The van der Waals surface area contributed by atoms with Gasteiger partial charge in [-0.1, -0.05) is 19.9 Å². The second kappa shape index (κ2) is 19.3. The van der Waals surface area contributed by atoms with E-state index in [4.69, 9.17) is 51.0 Å². The average molecular weight is 982 g/mol. The first-order chi connectivity index (χ1) is 33.5. The molecule has 9 heterocycles. The van der Waals surface area contributed by atoms with E-state index >= 15 is 4.79 Å². The number of hydrogen-bond acceptors (Lipinski definition) is 14. The molecule has 378 valence electrons. The Kier molecular flexibility index (Phi) is 13.6. The van der Waals surface area contributed by atoms with Crippen molar-refractivity contribution >= 4 is 53.2 Å². The summed E-state index contributed by atoms with van der Waals surface area (Å²) in [5.74, 6) is -0.776. The molecule has 1 aliphatic carbocycles. The normalized spacial score (nSPS) is 31.7. The lowest BCUT2D eigenvalue weighted by Gasteiger charge is -2.57. The van der Waals surface area contributed by atoms with Crippen LogP contribution in [0.15, 0.2) is 46.9 Å². The Balaban J connectivity index is 1.09. The Hall–Kier alpha value is -4.20. The van der Waals surface area contributed by atoms with Crippen molar-refractivity contribution in [3.63, 3.8) is 0 Å². The van der Waals surface area contributed by atoms with Crippen LogP contribution in [0.5, 0.6) is 0 Å². The molecular formula is C53H71N7O9S. The summed E-state index contributed by atoms with van der Waals surface area (Å²) < 4.78 is 39.1. The zero-order valence-corrected chi connectivity index (χ0v) is 42.7. The van der Waals surface area contributed by atoms with Crippen molar-refractivity contribution in [1.29, 1.82) is 0 Å². The van der Waals surface area contributed by atoms with Crippen LogP contribution in [0.4, 0.5) is 0 Å². The van der Waals surface area contributed by atoms with Gasteiger partial charge in [0.2, 0.25) is 0 Å². The van der Waals surface area contributed by atoms with Crippen molar-refractivity contribution in [3.05, 3.63) is 58.8 Å². The van der Waals surface area contributed by atoms with Crippen LogP contribution in [0.3, 0.4) is 0 Å². The van der Waals surface area contributed by atoms with E-state index in [0.717, 1.165) is 51.8 Å². The number of pyridine rings is 1. The number of rotatable bonds is 10. The summed E-state index contributed by atoms with van der Waals surface area (Å²) in [5.41, 5.74) is 7.67. The fraction of sp³-hybridized carbons (Fsp3) is 0.642. The lowest BCUT2D eigenvalue weighted by molar-refractivity contribution is -0.196. The summed E-state index contributed by atoms with van der Waals surface area (Å²) in [6, 6.07) is 7.95. The predicted molar refractivity (Wildman–Crippen MR) is 268 cm³/mol. The van der Waals surface area contributed by atoms with Crippen LogP contribution in [0.25, 0.3) is 27.9 Å². The van der Waals surface area contributed by atoms with Gasteiger partial charge in [0.25, 0.3) is 11.8 Å². The van der Waals surface area contributed by atoms with Crippen LogP contribution in [0, 0.1) is 16.7 Å². The van der Waals surface area contributed by atoms with Gasteiger partial charge in [0.05, 0.1) is 73.5 Å². The van der Waals surface area contributed by atoms with Crippen LogP contribution < -0.4 is 10.7 Å². The van der Waals surface area contributed by atoms with E-state index in [9.17, 15) is 9.59 Å². The van der Waals surface area contributed by atoms with Gasteiger partial charge in [0, 0.05) is 91.6 Å². The Labute approximate surface area is 416 Å². The highest BCUT2D eigenvalue weighted by molar-refractivity contribution is 7.83. The fourth-order valence-corrected chi connectivity index (χ4v) is 12.2. The molecule has 0 radical (unpaired) electrons. The van der Waals surface area contributed by atoms with E-state index in [2.05, 4.69) is 72.2 Å². The summed E-state index contributed by atoms with van der Waals surface area (Å²) in [5, 5.41) is 7.40. The molecule has 6 bridgehead atoms. The SMILES string of the molecule is CO[C@@H](C)c1ncccc1-c1c2c3cc(ccc3n1CCO[C@H]1CCOC(C)(C)C1)/C(=C/S)N=C[C@@H](N1CC3(COC3)C1)[C@H](NC(=O)C13CC(C1)[C@@H](C)O3)C(=O)N1CCC[C@H](N1)C(=O)OCC(C)(C)C2. The maximum atomic E-state index is 15.1. The largest absolute Gasteiger partial charge is 0.464 e. The van der Waals surface area contributed by atoms with Crippen molar-refractivity contribution < 1.29 is 42.8 Å². The van der Waals surface area contributed by atoms with E-state index in [1.165, 1.54) is 5.01 Å². The number of esters is 1. The number of carbonyl (C=O) groups is 3. The molecule has 2 amide bonds. The zero-order valence-electron chi connectivity index (χ0n) is 41.8. The first-order valence-corrected chi connectivity index (χ1v) is 25.8. The third kappa shape index (κ3) is 9.49. The third-order valence-corrected chi connectivity index (χ3v) is 16.2. The number of fused-ring (bicyclic) bond motifs is 4. The Morgan fingerprint density at radius 2 is 1.89 bits per heavy atom. The standard InChI is InChI=1S/C53H71N7O9S/c1-32-35-21-53(22-35,69-32)49(63)56-45-43(58-27-52(28-58)30-65-31-52)25-55-41(26-70)34-12-13-42-38(20-34)39(24-50(3,4)29-67-48(62)40-11-9-16-60(57-40)47(45)61)46(37-10-8-15-54-44(37)33(2)64-7)59(42)17-19-66-36-14-18-68-51(5,6)23-36/h8,10,12-13,15,20,25-26,32-33,35-36,40,43,45,57,70H,9,11,14,16-19,21-24,27-31H2,1-7H3,(H,56,63)/b41-26-,55-25?/t32-,33+,35?,36+,40+,43-,45+,53?/m1/s1. The molecule has 0 unspecified atom stereocenters. The molecule has 16 nitrogen and oxygen atoms in total. The lowest BCUT2D eigenvalue weighted by atomic mass is 9.72. The molecule has 6 saturated heterocycles. The number of carbonyl (C=O) groups excluding carboxylic acids is 3. The number of methoxy groups -OCH3 is 1. The molecule has 7 aliphatic heterocycles. The Morgan fingerprint density at radius 3 is 2.59 bits per heavy atom. The summed E-state index contributed by atoms with van der Waals surface area (Å²) in [7, 11) is 1.70. The number of likely N-dealkylation sites (tertiary alicyclic amines) is 1. The number of hydrazine groups is 1. The van der Waals surface area contributed by atoms with Crippen molar-refractivity contribution in [2.75, 3.05) is 59.8 Å². The molecule has 11 rings (SSSR count). The average Bonchev–Trinajstić information content (AvgIpc) is 3.93. The van der Waals surface area contributed by atoms with Crippen LogP contribution >= 0.6 is 12.6 Å². The number of ether oxygens (including phenoxy) is 6. The number of amides is 2. The minimum atomic E-state index is -1.06. The van der Waals surface area contributed by atoms with Crippen LogP contribution in [0.2, 0.25) is 0 Å². The third-order valence-electron chi connectivity index (χ3n) is 16.0. The predicted octanol–water partition coefficient (Wildman–Crippen LogP) is 6.06. The van der Waals surface area contributed by atoms with E-state index in [-0.39, 0.29) is 47.7 Å². The number of aromatic nitrogens is 2. The molecule has 17 heteroatoms. The smallest absolute Gasteiger partial charge is 0.324 e. The van der Waals surface area contributed by atoms with E-state index in [0.29, 0.717) is 96.3 Å². The fourth-order valence-electron chi connectivity index (χ4n) is 12.0. The summed E-state index contributed by atoms with van der Waals surface area (Å²) in [6.45, 7) is 17.2. The Bertz CT molecular complexity index is 2540. The van der Waals surface area contributed by atoms with Gasteiger partial charge in [-0.3, -0.25) is 34.3 Å². The molecule has 7 fully saturated rings. The van der Waals surface area contributed by atoms with Gasteiger partial charge in [0.1, 0.15) is 17.7 Å². The van der Waals surface area contributed by atoms with Crippen molar-refractivity contribution in [2.24, 2.45) is 21.7 Å². The summed E-state index contributed by atoms with van der Waals surface area (Å²) in [6.07, 6.45) is 7.79. The van der Waals surface area contributed by atoms with Crippen molar-refractivity contribution in [1.82, 2.24) is 30.2 Å². The first-order valence-electron chi connectivity index (χ1n) is 25.3. The Morgan fingerprint density at radius 1 is 1.09 bits per heavy atom. The molecule has 1 aromatic carbocycles. The van der Waals surface area contributed by atoms with Gasteiger partial charge in [-0.25, -0.2) is 5.43 Å². The summed E-state index contributed by atoms with van der Waals surface area (Å²) in [4.78, 5) is 56.0. The molecule has 3 aromatic rings. The highest BCUT2D eigenvalue weighted by atomic mass is 32.1. The number of benzene rings is 1. The van der Waals surface area contributed by atoms with Gasteiger partial charge in [-0.15, -0.1) is 12.6 Å². The quantitative estimate of drug-likeness (QED) is 0.159. The highest BCUT2D eigenvalue weighted by Crippen LogP contribution is 2.52. The van der Waals surface area contributed by atoms with Crippen molar-refractivity contribution in [2.45, 2.75) is 141 Å². The highest BCUT2D eigenvalue weighted by Gasteiger charge is 2.62. The topological polar surface area (TPSA) is 167 Å². The van der Waals surface area contributed by atoms with Gasteiger partial charge < -0.3 is 38.3 Å². The van der Waals surface area contributed by atoms with E-state index in [1.54, 1.807) is 24.9 Å². The molecule has 70 heavy (non-hydrogen) atoms. The molecule has 8 aliphatic rings. The van der Waals surface area contributed by atoms with Crippen LogP contribution in [-0.4, -0.2) is 145 Å². The second-order valence-corrected chi connectivity index (χ2v) is 22.8. The number of nitrogens with one attached hydrogen (secondary N) is 2. The minimum absolute atomic E-state index is 0.0104. The molecule has 2 N–H and O–H groups in total. The monoisotopic (exact) mass is 982 g/mol. The number of aliphatic imine (C=N–C) groups is 1. The molecular weight excluding hydrogens is 911 g/mol. The molecule has 1 spiro atoms. The van der Waals surface area contributed by atoms with E-state index < -0.39 is 35.1 Å². The zero-order chi connectivity index (χ0) is 49.2. The van der Waals surface area contributed by atoms with Crippen LogP contribution in [-0.2, 0) is 55.8 Å². The number of hydrogen-bond donors (Lipinski definition) is 3. The maximum absolute atomic E-state index is 15.1. The number of cyclic esters (lactones) is 1. The summed E-state index contributed by atoms with van der Waals surface area (Å²) >= 11 is 4.77. The van der Waals surface area contributed by atoms with Gasteiger partial charge in [0.15, 0.2) is 0 Å². The van der Waals surface area contributed by atoms with Crippen molar-refractivity contribution in [3.8, 4) is 11.3 Å². The second-order valence-electron chi connectivity index (χ2n) is 22.5. The minimum Gasteiger partial charge on any atom is -0.464 e. The van der Waals surface area contributed by atoms with Crippen LogP contribution in [0.1, 0.15) is 103 Å². The lowest BCUT2D eigenvalue weighted by Crippen LogP contribution is -2.73. The molecule has 2 aromatic heterocycles. The first kappa shape index (κ1) is 49.4. The van der Waals surface area contributed by atoms with Gasteiger partial charge in [-0.05, 0) is 107 Å².